The minimum absolute atomic E-state index is 0.178. The fraction of sp³-hybridized carbons (Fsp3) is 0.650. The highest BCUT2D eigenvalue weighted by molar-refractivity contribution is 5.78. The number of nitrogens with one attached hydrogen (secondary N) is 1. The Morgan fingerprint density at radius 3 is 2.75 bits per heavy atom. The molecule has 24 heavy (non-hydrogen) atoms. The van der Waals surface area contributed by atoms with E-state index >= 15 is 0 Å². The van der Waals surface area contributed by atoms with Crippen LogP contribution >= 0.6 is 0 Å². The average molecular weight is 330 g/mol. The van der Waals surface area contributed by atoms with E-state index in [-0.39, 0.29) is 17.9 Å². The van der Waals surface area contributed by atoms with Crippen LogP contribution in [0, 0.1) is 5.92 Å². The third kappa shape index (κ3) is 5.05. The number of hydrogen-bond donors (Lipinski definition) is 1. The number of morpholine rings is 1. The molecular weight excluding hydrogens is 300 g/mol. The number of hydrogen-bond acceptors (Lipinski definition) is 3. The lowest BCUT2D eigenvalue weighted by Gasteiger charge is -2.33. The minimum atomic E-state index is 0.178. The summed E-state index contributed by atoms with van der Waals surface area (Å²) in [5.41, 5.74) is 1.26. The van der Waals surface area contributed by atoms with Crippen molar-refractivity contribution in [3.8, 4) is 0 Å². The summed E-state index contributed by atoms with van der Waals surface area (Å²) in [6, 6.07) is 10.5. The van der Waals surface area contributed by atoms with Crippen LogP contribution in [0.25, 0.3) is 0 Å². The van der Waals surface area contributed by atoms with Crippen LogP contribution < -0.4 is 5.32 Å². The van der Waals surface area contributed by atoms with E-state index in [2.05, 4.69) is 34.5 Å². The van der Waals surface area contributed by atoms with Crippen LogP contribution in [0.1, 0.15) is 50.2 Å². The molecule has 1 heterocycles. The molecule has 1 saturated carbocycles. The van der Waals surface area contributed by atoms with E-state index < -0.39 is 0 Å². The van der Waals surface area contributed by atoms with Crippen LogP contribution in [-0.4, -0.2) is 43.6 Å². The van der Waals surface area contributed by atoms with Crippen LogP contribution in [-0.2, 0) is 9.53 Å². The van der Waals surface area contributed by atoms with Gasteiger partial charge in [-0.3, -0.25) is 9.69 Å². The average Bonchev–Trinajstić information content (AvgIpc) is 2.67. The maximum absolute atomic E-state index is 12.1. The van der Waals surface area contributed by atoms with Crippen LogP contribution in [0.5, 0.6) is 0 Å². The minimum Gasteiger partial charge on any atom is -0.371 e. The second-order valence-corrected chi connectivity index (χ2v) is 7.05. The molecule has 1 saturated heterocycles. The molecular formula is C20H30N2O2. The van der Waals surface area contributed by atoms with Crippen molar-refractivity contribution in [3.05, 3.63) is 35.9 Å². The molecule has 1 unspecified atom stereocenters. The van der Waals surface area contributed by atoms with Gasteiger partial charge in [-0.05, 0) is 24.8 Å². The Hall–Kier alpha value is -1.39. The zero-order valence-corrected chi connectivity index (χ0v) is 14.6. The quantitative estimate of drug-likeness (QED) is 0.815. The number of amides is 1. The monoisotopic (exact) mass is 330 g/mol. The molecule has 1 aliphatic heterocycles. The summed E-state index contributed by atoms with van der Waals surface area (Å²) in [4.78, 5) is 14.6. The summed E-state index contributed by atoms with van der Waals surface area (Å²) in [5.74, 6) is 0.545. The maximum atomic E-state index is 12.1. The molecule has 4 nitrogen and oxygen atoms in total. The number of ether oxygens (including phenoxy) is 1. The van der Waals surface area contributed by atoms with Gasteiger partial charge in [0.05, 0.1) is 12.7 Å². The van der Waals surface area contributed by atoms with E-state index in [4.69, 9.17) is 4.74 Å². The molecule has 1 atom stereocenters. The molecule has 0 bridgehead atoms. The maximum Gasteiger partial charge on any atom is 0.223 e. The molecule has 1 aliphatic carbocycles. The Balaban J connectivity index is 1.35. The summed E-state index contributed by atoms with van der Waals surface area (Å²) in [6.45, 7) is 4.54. The molecule has 132 valence electrons. The van der Waals surface area contributed by atoms with Gasteiger partial charge in [-0.25, -0.2) is 0 Å². The van der Waals surface area contributed by atoms with Gasteiger partial charge in [0.2, 0.25) is 5.91 Å². The zero-order chi connectivity index (χ0) is 16.6. The van der Waals surface area contributed by atoms with Gasteiger partial charge in [-0.1, -0.05) is 49.6 Å². The molecule has 0 radical (unpaired) electrons. The normalized spacial score (nSPS) is 23.1. The number of carbonyl (C=O) groups is 1. The fourth-order valence-corrected chi connectivity index (χ4v) is 3.80. The first-order valence-corrected chi connectivity index (χ1v) is 9.49. The third-order valence-corrected chi connectivity index (χ3v) is 5.25. The first kappa shape index (κ1) is 17.4. The van der Waals surface area contributed by atoms with Crippen molar-refractivity contribution in [2.24, 2.45) is 5.92 Å². The Bertz CT molecular complexity index is 500. The van der Waals surface area contributed by atoms with Gasteiger partial charge in [0.25, 0.3) is 0 Å². The first-order valence-electron chi connectivity index (χ1n) is 9.49. The summed E-state index contributed by atoms with van der Waals surface area (Å²) >= 11 is 0. The molecule has 4 heteroatoms. The lowest BCUT2D eigenvalue weighted by Crippen LogP contribution is -2.40. The van der Waals surface area contributed by atoms with Gasteiger partial charge in [0.1, 0.15) is 0 Å². The molecule has 2 fully saturated rings. The highest BCUT2D eigenvalue weighted by Gasteiger charge is 2.22. The van der Waals surface area contributed by atoms with Crippen LogP contribution in [0.2, 0.25) is 0 Å². The van der Waals surface area contributed by atoms with E-state index in [1.165, 1.54) is 24.8 Å². The standard InChI is InChI=1S/C20H30N2O2/c23-20(18-10-5-2-6-11-18)21-12-7-13-22-14-15-24-19(16-22)17-8-3-1-4-9-17/h1,3-4,8-9,18-19H,2,5-7,10-16H2,(H,21,23). The Morgan fingerprint density at radius 1 is 1.17 bits per heavy atom. The van der Waals surface area contributed by atoms with Crippen molar-refractivity contribution in [2.45, 2.75) is 44.6 Å². The van der Waals surface area contributed by atoms with Gasteiger partial charge in [0.15, 0.2) is 0 Å². The number of benzene rings is 1. The SMILES string of the molecule is O=C(NCCCN1CCOC(c2ccccc2)C1)C1CCCCC1. The lowest BCUT2D eigenvalue weighted by molar-refractivity contribution is -0.125. The van der Waals surface area contributed by atoms with Crippen molar-refractivity contribution < 1.29 is 9.53 Å². The van der Waals surface area contributed by atoms with Crippen LogP contribution in [0.4, 0.5) is 0 Å². The predicted molar refractivity (Wildman–Crippen MR) is 95.8 cm³/mol. The van der Waals surface area contributed by atoms with Crippen LogP contribution in [0.3, 0.4) is 0 Å². The molecule has 1 aromatic rings. The third-order valence-electron chi connectivity index (χ3n) is 5.25. The van der Waals surface area contributed by atoms with E-state index in [1.54, 1.807) is 0 Å². The predicted octanol–water partition coefficient (Wildman–Crippen LogP) is 3.15. The first-order chi connectivity index (χ1) is 11.8. The summed E-state index contributed by atoms with van der Waals surface area (Å²) in [7, 11) is 0. The van der Waals surface area contributed by atoms with Gasteiger partial charge < -0.3 is 10.1 Å². The Morgan fingerprint density at radius 2 is 1.96 bits per heavy atom. The van der Waals surface area contributed by atoms with E-state index in [9.17, 15) is 4.79 Å². The Labute approximate surface area is 145 Å². The van der Waals surface area contributed by atoms with E-state index in [0.29, 0.717) is 0 Å². The lowest BCUT2D eigenvalue weighted by atomic mass is 9.89. The molecule has 2 aliphatic rings. The summed E-state index contributed by atoms with van der Waals surface area (Å²) in [6.07, 6.45) is 7.07. The van der Waals surface area contributed by atoms with Gasteiger partial charge >= 0.3 is 0 Å². The van der Waals surface area contributed by atoms with Gasteiger partial charge in [-0.15, -0.1) is 0 Å². The molecule has 0 aromatic heterocycles. The van der Waals surface area contributed by atoms with Crippen LogP contribution in [0.15, 0.2) is 30.3 Å². The molecule has 0 spiro atoms. The summed E-state index contributed by atoms with van der Waals surface area (Å²) in [5, 5.41) is 3.14. The second-order valence-electron chi connectivity index (χ2n) is 7.05. The highest BCUT2D eigenvalue weighted by Crippen LogP contribution is 2.24. The number of nitrogens with zero attached hydrogens (tertiary/aromatic N) is 1. The number of carbonyl (C=O) groups excluding carboxylic acids is 1. The smallest absolute Gasteiger partial charge is 0.223 e. The van der Waals surface area contributed by atoms with Crippen molar-refractivity contribution in [1.29, 1.82) is 0 Å². The zero-order valence-electron chi connectivity index (χ0n) is 14.6. The summed E-state index contributed by atoms with van der Waals surface area (Å²) < 4.78 is 5.91. The van der Waals surface area contributed by atoms with Gasteiger partial charge in [0, 0.05) is 32.1 Å². The second kappa shape index (κ2) is 9.19. The molecule has 1 N–H and O–H groups in total. The largest absolute Gasteiger partial charge is 0.371 e. The van der Waals surface area contributed by atoms with Crippen molar-refractivity contribution in [1.82, 2.24) is 10.2 Å². The molecule has 1 amide bonds. The molecule has 1 aromatic carbocycles. The van der Waals surface area contributed by atoms with E-state index in [1.807, 2.05) is 6.07 Å². The fourth-order valence-electron chi connectivity index (χ4n) is 3.80. The topological polar surface area (TPSA) is 41.6 Å². The number of rotatable bonds is 6. The van der Waals surface area contributed by atoms with Crippen molar-refractivity contribution >= 4 is 5.91 Å². The Kier molecular flexibility index (Phi) is 6.67. The van der Waals surface area contributed by atoms with Gasteiger partial charge in [-0.2, -0.15) is 0 Å². The van der Waals surface area contributed by atoms with Crippen molar-refractivity contribution in [2.75, 3.05) is 32.8 Å². The molecule has 3 rings (SSSR count). The highest BCUT2D eigenvalue weighted by atomic mass is 16.5. The van der Waals surface area contributed by atoms with Crippen molar-refractivity contribution in [3.63, 3.8) is 0 Å². The van der Waals surface area contributed by atoms with E-state index in [0.717, 1.165) is 52.0 Å².